The second kappa shape index (κ2) is 5.48. The maximum atomic E-state index is 10.2. The average Bonchev–Trinajstić information content (AvgIpc) is 2.98. The molecule has 3 fully saturated rings. The van der Waals surface area contributed by atoms with Crippen LogP contribution < -0.4 is 0 Å². The Balaban J connectivity index is 1.73. The molecule has 1 saturated heterocycles. The molecule has 0 aromatic carbocycles. The summed E-state index contributed by atoms with van der Waals surface area (Å²) < 4.78 is 0. The summed E-state index contributed by atoms with van der Waals surface area (Å²) in [7, 11) is 0. The molecular formula is C15H27NO2. The largest absolute Gasteiger partial charge is 0.393 e. The van der Waals surface area contributed by atoms with Crippen molar-refractivity contribution in [2.45, 2.75) is 82.1 Å². The van der Waals surface area contributed by atoms with Gasteiger partial charge in [-0.1, -0.05) is 12.8 Å². The molecule has 104 valence electrons. The summed E-state index contributed by atoms with van der Waals surface area (Å²) in [5.41, 5.74) is 0. The SMILES string of the molecule is OC1CCCC1C1CCCCN1C1CCCC1O. The van der Waals surface area contributed by atoms with E-state index in [4.69, 9.17) is 0 Å². The van der Waals surface area contributed by atoms with Gasteiger partial charge < -0.3 is 10.2 Å². The Morgan fingerprint density at radius 3 is 2.06 bits per heavy atom. The first kappa shape index (κ1) is 12.9. The van der Waals surface area contributed by atoms with Crippen LogP contribution in [-0.2, 0) is 0 Å². The molecule has 0 aromatic heterocycles. The number of aliphatic hydroxyl groups excluding tert-OH is 2. The Bertz CT molecular complexity index is 256. The maximum Gasteiger partial charge on any atom is 0.0695 e. The van der Waals surface area contributed by atoms with E-state index in [0.29, 0.717) is 18.0 Å². The van der Waals surface area contributed by atoms with Crippen LogP contribution in [0.4, 0.5) is 0 Å². The number of likely N-dealkylation sites (tertiary alicyclic amines) is 1. The van der Waals surface area contributed by atoms with Crippen molar-refractivity contribution in [1.82, 2.24) is 4.90 Å². The van der Waals surface area contributed by atoms with Crippen LogP contribution >= 0.6 is 0 Å². The average molecular weight is 253 g/mol. The fourth-order valence-corrected chi connectivity index (χ4v) is 4.58. The van der Waals surface area contributed by atoms with Gasteiger partial charge in [0.25, 0.3) is 0 Å². The molecule has 3 heteroatoms. The van der Waals surface area contributed by atoms with Crippen molar-refractivity contribution >= 4 is 0 Å². The minimum atomic E-state index is -0.121. The molecule has 0 amide bonds. The molecule has 3 rings (SSSR count). The van der Waals surface area contributed by atoms with E-state index >= 15 is 0 Å². The Hall–Kier alpha value is -0.120. The summed E-state index contributed by atoms with van der Waals surface area (Å²) in [5, 5.41) is 20.3. The normalized spacial score (nSPS) is 46.7. The summed E-state index contributed by atoms with van der Waals surface area (Å²) in [6.07, 6.45) is 10.2. The third kappa shape index (κ3) is 2.33. The van der Waals surface area contributed by atoms with E-state index in [1.807, 2.05) is 0 Å². The second-order valence-corrected chi connectivity index (χ2v) is 6.53. The molecule has 5 atom stereocenters. The van der Waals surface area contributed by atoms with E-state index in [1.165, 1.54) is 38.5 Å². The summed E-state index contributed by atoms with van der Waals surface area (Å²) in [5.74, 6) is 0.470. The van der Waals surface area contributed by atoms with E-state index in [2.05, 4.69) is 4.90 Å². The lowest BCUT2D eigenvalue weighted by molar-refractivity contribution is -0.0197. The van der Waals surface area contributed by atoms with Crippen molar-refractivity contribution in [1.29, 1.82) is 0 Å². The zero-order chi connectivity index (χ0) is 12.5. The van der Waals surface area contributed by atoms with Crippen molar-refractivity contribution < 1.29 is 10.2 Å². The minimum Gasteiger partial charge on any atom is -0.393 e. The third-order valence-corrected chi connectivity index (χ3v) is 5.49. The van der Waals surface area contributed by atoms with E-state index in [-0.39, 0.29) is 12.2 Å². The zero-order valence-electron chi connectivity index (χ0n) is 11.3. The second-order valence-electron chi connectivity index (χ2n) is 6.53. The van der Waals surface area contributed by atoms with Crippen LogP contribution in [0.5, 0.6) is 0 Å². The summed E-state index contributed by atoms with van der Waals surface area (Å²) in [6, 6.07) is 0.914. The van der Waals surface area contributed by atoms with Crippen LogP contribution in [0, 0.1) is 5.92 Å². The van der Waals surface area contributed by atoms with Crippen molar-refractivity contribution in [3.8, 4) is 0 Å². The topological polar surface area (TPSA) is 43.7 Å². The fourth-order valence-electron chi connectivity index (χ4n) is 4.58. The van der Waals surface area contributed by atoms with Crippen LogP contribution in [0.2, 0.25) is 0 Å². The monoisotopic (exact) mass is 253 g/mol. The van der Waals surface area contributed by atoms with Gasteiger partial charge in [0.05, 0.1) is 12.2 Å². The predicted molar refractivity (Wildman–Crippen MR) is 71.3 cm³/mol. The molecule has 2 aliphatic carbocycles. The van der Waals surface area contributed by atoms with E-state index < -0.39 is 0 Å². The molecule has 5 unspecified atom stereocenters. The molecule has 1 heterocycles. The van der Waals surface area contributed by atoms with E-state index in [1.54, 1.807) is 0 Å². The summed E-state index contributed by atoms with van der Waals surface area (Å²) >= 11 is 0. The quantitative estimate of drug-likeness (QED) is 0.790. The van der Waals surface area contributed by atoms with Crippen LogP contribution in [-0.4, -0.2) is 45.9 Å². The number of hydrogen-bond donors (Lipinski definition) is 2. The molecule has 3 nitrogen and oxygen atoms in total. The molecule has 1 aliphatic heterocycles. The highest BCUT2D eigenvalue weighted by atomic mass is 16.3. The highest BCUT2D eigenvalue weighted by Gasteiger charge is 2.42. The van der Waals surface area contributed by atoms with Crippen molar-refractivity contribution in [2.75, 3.05) is 6.54 Å². The Kier molecular flexibility index (Phi) is 3.92. The Morgan fingerprint density at radius 1 is 0.667 bits per heavy atom. The first-order chi connectivity index (χ1) is 8.77. The van der Waals surface area contributed by atoms with Crippen LogP contribution in [0.1, 0.15) is 57.8 Å². The van der Waals surface area contributed by atoms with Gasteiger partial charge in [-0.2, -0.15) is 0 Å². The molecule has 0 spiro atoms. The minimum absolute atomic E-state index is 0.0888. The van der Waals surface area contributed by atoms with Gasteiger partial charge in [0.2, 0.25) is 0 Å². The standard InChI is InChI=1S/C15H27NO2/c17-14-8-3-5-11(14)12-6-1-2-10-16(12)13-7-4-9-15(13)18/h11-15,17-18H,1-10H2. The van der Waals surface area contributed by atoms with Gasteiger partial charge >= 0.3 is 0 Å². The smallest absolute Gasteiger partial charge is 0.0695 e. The summed E-state index contributed by atoms with van der Waals surface area (Å²) in [6.45, 7) is 1.13. The van der Waals surface area contributed by atoms with Gasteiger partial charge in [0.15, 0.2) is 0 Å². The first-order valence-corrected chi connectivity index (χ1v) is 7.89. The van der Waals surface area contributed by atoms with Gasteiger partial charge in [0, 0.05) is 18.0 Å². The molecular weight excluding hydrogens is 226 g/mol. The Morgan fingerprint density at radius 2 is 1.39 bits per heavy atom. The number of aliphatic hydroxyl groups is 2. The van der Waals surface area contributed by atoms with Crippen molar-refractivity contribution in [3.63, 3.8) is 0 Å². The highest BCUT2D eigenvalue weighted by Crippen LogP contribution is 2.38. The Labute approximate surface area is 110 Å². The summed E-state index contributed by atoms with van der Waals surface area (Å²) in [4.78, 5) is 2.57. The van der Waals surface area contributed by atoms with Crippen molar-refractivity contribution in [2.24, 2.45) is 5.92 Å². The lowest BCUT2D eigenvalue weighted by Crippen LogP contribution is -2.53. The van der Waals surface area contributed by atoms with Gasteiger partial charge in [-0.3, -0.25) is 4.90 Å². The molecule has 0 bridgehead atoms. The van der Waals surface area contributed by atoms with E-state index in [9.17, 15) is 10.2 Å². The van der Waals surface area contributed by atoms with E-state index in [0.717, 1.165) is 25.8 Å². The van der Waals surface area contributed by atoms with Gasteiger partial charge in [-0.15, -0.1) is 0 Å². The maximum absolute atomic E-state index is 10.2. The molecule has 2 N–H and O–H groups in total. The lowest BCUT2D eigenvalue weighted by Gasteiger charge is -2.44. The van der Waals surface area contributed by atoms with Crippen LogP contribution in [0.25, 0.3) is 0 Å². The van der Waals surface area contributed by atoms with Crippen LogP contribution in [0.3, 0.4) is 0 Å². The number of piperidine rings is 1. The lowest BCUT2D eigenvalue weighted by atomic mass is 9.86. The predicted octanol–water partition coefficient (Wildman–Crippen LogP) is 1.92. The number of rotatable bonds is 2. The highest BCUT2D eigenvalue weighted by molar-refractivity contribution is 4.96. The zero-order valence-corrected chi connectivity index (χ0v) is 11.3. The molecule has 18 heavy (non-hydrogen) atoms. The number of hydrogen-bond acceptors (Lipinski definition) is 3. The van der Waals surface area contributed by atoms with Gasteiger partial charge in [-0.05, 0) is 51.5 Å². The molecule has 3 aliphatic rings. The van der Waals surface area contributed by atoms with Gasteiger partial charge in [-0.25, -0.2) is 0 Å². The van der Waals surface area contributed by atoms with Gasteiger partial charge in [0.1, 0.15) is 0 Å². The first-order valence-electron chi connectivity index (χ1n) is 7.89. The molecule has 0 aromatic rings. The van der Waals surface area contributed by atoms with Crippen molar-refractivity contribution in [3.05, 3.63) is 0 Å². The fraction of sp³-hybridized carbons (Fsp3) is 1.00. The number of nitrogens with zero attached hydrogens (tertiary/aromatic N) is 1. The van der Waals surface area contributed by atoms with Crippen LogP contribution in [0.15, 0.2) is 0 Å². The third-order valence-electron chi connectivity index (χ3n) is 5.49. The molecule has 2 saturated carbocycles. The molecule has 0 radical (unpaired) electrons.